The van der Waals surface area contributed by atoms with Gasteiger partial charge in [0.05, 0.1) is 0 Å². The fourth-order valence-electron chi connectivity index (χ4n) is 3.30. The number of anilines is 1. The Bertz CT molecular complexity index is 441. The van der Waals surface area contributed by atoms with Gasteiger partial charge in [0.2, 0.25) is 0 Å². The Morgan fingerprint density at radius 2 is 1.83 bits per heavy atom. The van der Waals surface area contributed by atoms with Crippen molar-refractivity contribution < 1.29 is 0 Å². The molecule has 2 aliphatic rings. The lowest BCUT2D eigenvalue weighted by Gasteiger charge is -2.33. The van der Waals surface area contributed by atoms with Crippen LogP contribution in [0.5, 0.6) is 0 Å². The largest absolute Gasteiger partial charge is 0.399 e. The van der Waals surface area contributed by atoms with Crippen molar-refractivity contribution in [1.82, 2.24) is 5.32 Å². The van der Waals surface area contributed by atoms with Crippen LogP contribution in [-0.4, -0.2) is 12.6 Å². The van der Waals surface area contributed by atoms with Crippen LogP contribution in [0.3, 0.4) is 0 Å². The first-order chi connectivity index (χ1) is 8.83. The summed E-state index contributed by atoms with van der Waals surface area (Å²) in [6.45, 7) is 1.15. The molecule has 0 saturated heterocycles. The summed E-state index contributed by atoms with van der Waals surface area (Å²) < 4.78 is 0. The van der Waals surface area contributed by atoms with Gasteiger partial charge in [0.1, 0.15) is 0 Å². The Morgan fingerprint density at radius 1 is 1.06 bits per heavy atom. The second-order valence-corrected chi connectivity index (χ2v) is 5.54. The Labute approximate surface area is 109 Å². The fourth-order valence-corrected chi connectivity index (χ4v) is 3.30. The number of benzene rings is 1. The van der Waals surface area contributed by atoms with Crippen molar-refractivity contribution in [3.8, 4) is 0 Å². The maximum atomic E-state index is 5.74. The number of hydrogen-bond acceptors (Lipinski definition) is 2. The van der Waals surface area contributed by atoms with Gasteiger partial charge in [0, 0.05) is 11.7 Å². The van der Waals surface area contributed by atoms with E-state index in [2.05, 4.69) is 17.4 Å². The third-order valence-electron chi connectivity index (χ3n) is 4.29. The molecule has 1 aromatic rings. The van der Waals surface area contributed by atoms with Gasteiger partial charge in [-0.15, -0.1) is 0 Å². The molecule has 1 atom stereocenters. The predicted molar refractivity (Wildman–Crippen MR) is 76.5 cm³/mol. The molecule has 3 N–H and O–H groups in total. The molecule has 1 aliphatic heterocycles. The second-order valence-electron chi connectivity index (χ2n) is 5.54. The van der Waals surface area contributed by atoms with Crippen molar-refractivity contribution in [2.75, 3.05) is 12.3 Å². The first kappa shape index (κ1) is 11.8. The van der Waals surface area contributed by atoms with Crippen LogP contribution in [0.25, 0.3) is 0 Å². The minimum absolute atomic E-state index is 0.567. The second kappa shape index (κ2) is 5.15. The van der Waals surface area contributed by atoms with E-state index in [4.69, 9.17) is 5.73 Å². The average molecular weight is 242 g/mol. The molecule has 18 heavy (non-hydrogen) atoms. The highest BCUT2D eigenvalue weighted by molar-refractivity contribution is 5.40. The highest BCUT2D eigenvalue weighted by Gasteiger charge is 2.24. The lowest BCUT2D eigenvalue weighted by atomic mass is 9.81. The van der Waals surface area contributed by atoms with E-state index in [1.165, 1.54) is 37.7 Å². The molecule has 0 saturated carbocycles. The zero-order valence-electron chi connectivity index (χ0n) is 10.9. The van der Waals surface area contributed by atoms with Crippen molar-refractivity contribution in [3.05, 3.63) is 41.0 Å². The van der Waals surface area contributed by atoms with Crippen LogP contribution in [0.2, 0.25) is 0 Å². The van der Waals surface area contributed by atoms with Crippen molar-refractivity contribution in [1.29, 1.82) is 0 Å². The monoisotopic (exact) mass is 242 g/mol. The SMILES string of the molecule is Nc1ccc(C[C@H]2NCCC3=C2CCCC3)cc1. The summed E-state index contributed by atoms with van der Waals surface area (Å²) in [6.07, 6.45) is 7.80. The summed E-state index contributed by atoms with van der Waals surface area (Å²) in [5.41, 5.74) is 11.4. The van der Waals surface area contributed by atoms with Gasteiger partial charge in [0.25, 0.3) is 0 Å². The summed E-state index contributed by atoms with van der Waals surface area (Å²) in [4.78, 5) is 0. The number of nitrogen functional groups attached to an aromatic ring is 1. The Morgan fingerprint density at radius 3 is 2.67 bits per heavy atom. The van der Waals surface area contributed by atoms with Gasteiger partial charge in [-0.25, -0.2) is 0 Å². The quantitative estimate of drug-likeness (QED) is 0.618. The van der Waals surface area contributed by atoms with E-state index in [9.17, 15) is 0 Å². The molecule has 0 aromatic heterocycles. The number of hydrogen-bond donors (Lipinski definition) is 2. The molecule has 0 radical (unpaired) electrons. The Hall–Kier alpha value is -1.28. The summed E-state index contributed by atoms with van der Waals surface area (Å²) in [7, 11) is 0. The number of nitrogens with one attached hydrogen (secondary N) is 1. The molecule has 1 aromatic carbocycles. The normalized spacial score (nSPS) is 23.9. The summed E-state index contributed by atoms with van der Waals surface area (Å²) >= 11 is 0. The minimum atomic E-state index is 0.567. The van der Waals surface area contributed by atoms with Crippen LogP contribution in [-0.2, 0) is 6.42 Å². The molecule has 2 heteroatoms. The van der Waals surface area contributed by atoms with Crippen LogP contribution < -0.4 is 11.1 Å². The standard InChI is InChI=1S/C16H22N2/c17-14-7-5-12(6-8-14)11-16-15-4-2-1-3-13(15)9-10-18-16/h5-8,16,18H,1-4,9-11,17H2/t16-/m1/s1. The van der Waals surface area contributed by atoms with Crippen LogP contribution >= 0.6 is 0 Å². The minimum Gasteiger partial charge on any atom is -0.399 e. The van der Waals surface area contributed by atoms with E-state index < -0.39 is 0 Å². The summed E-state index contributed by atoms with van der Waals surface area (Å²) in [6, 6.07) is 8.91. The molecule has 96 valence electrons. The van der Waals surface area contributed by atoms with Gasteiger partial charge < -0.3 is 11.1 Å². The van der Waals surface area contributed by atoms with Gasteiger partial charge >= 0.3 is 0 Å². The maximum absolute atomic E-state index is 5.74. The maximum Gasteiger partial charge on any atom is 0.0322 e. The van der Waals surface area contributed by atoms with Crippen molar-refractivity contribution in [2.45, 2.75) is 44.6 Å². The molecule has 0 bridgehead atoms. The van der Waals surface area contributed by atoms with Crippen LogP contribution in [0, 0.1) is 0 Å². The third kappa shape index (κ3) is 2.44. The van der Waals surface area contributed by atoms with Gasteiger partial charge in [-0.1, -0.05) is 23.3 Å². The molecule has 0 unspecified atom stereocenters. The smallest absolute Gasteiger partial charge is 0.0322 e. The molecule has 0 amide bonds. The molecular formula is C16H22N2. The number of rotatable bonds is 2. The third-order valence-corrected chi connectivity index (χ3v) is 4.29. The van der Waals surface area contributed by atoms with Gasteiger partial charge in [-0.2, -0.15) is 0 Å². The van der Waals surface area contributed by atoms with Gasteiger partial charge in [-0.3, -0.25) is 0 Å². The van der Waals surface area contributed by atoms with Gasteiger partial charge in [0.15, 0.2) is 0 Å². The van der Waals surface area contributed by atoms with Crippen molar-refractivity contribution in [2.24, 2.45) is 0 Å². The van der Waals surface area contributed by atoms with Crippen LogP contribution in [0.4, 0.5) is 5.69 Å². The predicted octanol–water partition coefficient (Wildman–Crippen LogP) is 3.04. The zero-order chi connectivity index (χ0) is 12.4. The average Bonchev–Trinajstić information content (AvgIpc) is 2.42. The van der Waals surface area contributed by atoms with E-state index in [0.29, 0.717) is 6.04 Å². The molecule has 1 aliphatic carbocycles. The molecule has 0 spiro atoms. The van der Waals surface area contributed by atoms with E-state index in [1.807, 2.05) is 12.1 Å². The Balaban J connectivity index is 1.77. The topological polar surface area (TPSA) is 38.0 Å². The van der Waals surface area contributed by atoms with Crippen LogP contribution in [0.15, 0.2) is 35.4 Å². The zero-order valence-corrected chi connectivity index (χ0v) is 10.9. The van der Waals surface area contributed by atoms with Gasteiger partial charge in [-0.05, 0) is 62.8 Å². The highest BCUT2D eigenvalue weighted by Crippen LogP contribution is 2.32. The summed E-state index contributed by atoms with van der Waals surface area (Å²) in [5.74, 6) is 0. The van der Waals surface area contributed by atoms with E-state index >= 15 is 0 Å². The molecule has 3 rings (SSSR count). The highest BCUT2D eigenvalue weighted by atomic mass is 14.9. The lowest BCUT2D eigenvalue weighted by Crippen LogP contribution is -2.39. The van der Waals surface area contributed by atoms with E-state index in [-0.39, 0.29) is 0 Å². The van der Waals surface area contributed by atoms with E-state index in [0.717, 1.165) is 18.7 Å². The Kier molecular flexibility index (Phi) is 3.37. The number of nitrogens with two attached hydrogens (primary N) is 1. The summed E-state index contributed by atoms with van der Waals surface area (Å²) in [5, 5.41) is 3.69. The lowest BCUT2D eigenvalue weighted by molar-refractivity contribution is 0.474. The molecule has 0 fully saturated rings. The first-order valence-electron chi connectivity index (χ1n) is 7.11. The molecule has 1 heterocycles. The molecular weight excluding hydrogens is 220 g/mol. The van der Waals surface area contributed by atoms with Crippen molar-refractivity contribution >= 4 is 5.69 Å². The fraction of sp³-hybridized carbons (Fsp3) is 0.500. The first-order valence-corrected chi connectivity index (χ1v) is 7.11. The van der Waals surface area contributed by atoms with Crippen LogP contribution in [0.1, 0.15) is 37.7 Å². The van der Waals surface area contributed by atoms with Crippen molar-refractivity contribution in [3.63, 3.8) is 0 Å². The van der Waals surface area contributed by atoms with E-state index in [1.54, 1.807) is 11.1 Å². The molecule has 2 nitrogen and oxygen atoms in total.